The molecule has 0 saturated carbocycles. The zero-order chi connectivity index (χ0) is 11.8. The Morgan fingerprint density at radius 1 is 1.05 bits per heavy atom. The smallest absolute Gasteiger partial charge is 0.0961 e. The van der Waals surface area contributed by atoms with Gasteiger partial charge in [0.15, 0.2) is 0 Å². The van der Waals surface area contributed by atoms with Crippen molar-refractivity contribution in [3.63, 3.8) is 0 Å². The van der Waals surface area contributed by atoms with E-state index in [1.807, 2.05) is 18.2 Å². The summed E-state index contributed by atoms with van der Waals surface area (Å²) in [7, 11) is 4.54. The van der Waals surface area contributed by atoms with E-state index in [2.05, 4.69) is 19.0 Å². The molecule has 1 fully saturated rings. The lowest BCUT2D eigenvalue weighted by atomic mass is 10.2. The number of hydrogen-bond donors (Lipinski definition) is 2. The highest BCUT2D eigenvalue weighted by Crippen LogP contribution is 2.26. The fourth-order valence-corrected chi connectivity index (χ4v) is 2.11. The first-order valence-corrected chi connectivity index (χ1v) is 5.70. The number of halogens is 3. The first kappa shape index (κ1) is 20.8. The number of piperazine rings is 1. The maximum Gasteiger partial charge on any atom is 0.0961 e. The van der Waals surface area contributed by atoms with Crippen molar-refractivity contribution in [1.29, 1.82) is 0 Å². The van der Waals surface area contributed by atoms with Crippen LogP contribution in [0.15, 0.2) is 18.2 Å². The third kappa shape index (κ3) is 5.15. The van der Waals surface area contributed by atoms with Crippen molar-refractivity contribution in [3.05, 3.63) is 18.2 Å². The predicted molar refractivity (Wildman–Crippen MR) is 83.8 cm³/mol. The van der Waals surface area contributed by atoms with Crippen molar-refractivity contribution >= 4 is 41.9 Å². The lowest BCUT2D eigenvalue weighted by Gasteiger charge is -2.40. The van der Waals surface area contributed by atoms with Crippen LogP contribution in [0.3, 0.4) is 0 Å². The molecule has 1 aliphatic rings. The fraction of sp³-hybridized carbons (Fsp3) is 0.500. The van der Waals surface area contributed by atoms with E-state index in [9.17, 15) is 0 Å². The Morgan fingerprint density at radius 3 is 2.05 bits per heavy atom. The van der Waals surface area contributed by atoms with Crippen LogP contribution in [0.2, 0.25) is 0 Å². The second kappa shape index (κ2) is 7.90. The third-order valence-corrected chi connectivity index (χ3v) is 3.34. The molecule has 4 nitrogen and oxygen atoms in total. The molecule has 1 saturated heterocycles. The Morgan fingerprint density at radius 2 is 1.58 bits per heavy atom. The van der Waals surface area contributed by atoms with E-state index >= 15 is 0 Å². The van der Waals surface area contributed by atoms with Crippen molar-refractivity contribution < 1.29 is 16.9 Å². The van der Waals surface area contributed by atoms with E-state index < -0.39 is 0 Å². The molecule has 0 aliphatic carbocycles. The molecule has 0 radical (unpaired) electrons. The van der Waals surface area contributed by atoms with E-state index in [1.54, 1.807) is 0 Å². The molecule has 0 atom stereocenters. The van der Waals surface area contributed by atoms with Crippen LogP contribution in [-0.4, -0.2) is 44.8 Å². The summed E-state index contributed by atoms with van der Waals surface area (Å²) in [4.78, 5) is 2.35. The van der Waals surface area contributed by atoms with Crippen LogP contribution in [0, 0.1) is 0 Å². The summed E-state index contributed by atoms with van der Waals surface area (Å²) in [5.41, 5.74) is 14.3. The van der Waals surface area contributed by atoms with Crippen molar-refractivity contribution in [2.45, 2.75) is 0 Å². The minimum absolute atomic E-state index is 0. The molecule has 1 aromatic carbocycles. The van der Waals surface area contributed by atoms with Crippen LogP contribution in [0.1, 0.15) is 0 Å². The van der Waals surface area contributed by atoms with Crippen LogP contribution < -0.4 is 28.8 Å². The fourth-order valence-electron chi connectivity index (χ4n) is 2.11. The molecule has 19 heavy (non-hydrogen) atoms. The summed E-state index contributed by atoms with van der Waals surface area (Å²) in [5.74, 6) is 0. The quantitative estimate of drug-likeness (QED) is 0.492. The van der Waals surface area contributed by atoms with Crippen LogP contribution in [-0.2, 0) is 0 Å². The summed E-state index contributed by atoms with van der Waals surface area (Å²) < 4.78 is 1.09. The van der Waals surface area contributed by atoms with Gasteiger partial charge in [-0.1, -0.05) is 0 Å². The van der Waals surface area contributed by atoms with Gasteiger partial charge in [0.05, 0.1) is 51.6 Å². The van der Waals surface area contributed by atoms with Crippen LogP contribution in [0.25, 0.3) is 0 Å². The molecular weight excluding hydrogens is 307 g/mol. The number of likely N-dealkylation sites (N-methyl/N-ethyl adjacent to an activating group) is 1. The summed E-state index contributed by atoms with van der Waals surface area (Å²) in [6.07, 6.45) is 0. The number of nitrogens with two attached hydrogens (primary N) is 2. The van der Waals surface area contributed by atoms with Crippen molar-refractivity contribution in [1.82, 2.24) is 0 Å². The highest BCUT2D eigenvalue weighted by Gasteiger charge is 2.25. The Hall–Kier alpha value is -0.550. The molecule has 2 rings (SSSR count). The molecule has 7 heteroatoms. The van der Waals surface area contributed by atoms with Gasteiger partial charge in [-0.2, -0.15) is 0 Å². The largest absolute Gasteiger partial charge is 1.00 e. The molecule has 1 aliphatic heterocycles. The van der Waals surface area contributed by atoms with Crippen molar-refractivity contribution in [2.24, 2.45) is 0 Å². The number of rotatable bonds is 1. The molecule has 0 aromatic heterocycles. The number of nitrogens with zero attached hydrogens (tertiary/aromatic N) is 2. The van der Waals surface area contributed by atoms with E-state index in [1.165, 1.54) is 0 Å². The Bertz CT molecular complexity index is 389. The van der Waals surface area contributed by atoms with Gasteiger partial charge in [0.25, 0.3) is 0 Å². The first-order valence-electron chi connectivity index (χ1n) is 5.70. The zero-order valence-corrected chi connectivity index (χ0v) is 13.7. The number of nitrogen functional groups attached to an aromatic ring is 2. The second-order valence-corrected chi connectivity index (χ2v) is 5.19. The van der Waals surface area contributed by atoms with Gasteiger partial charge in [0, 0.05) is 5.69 Å². The minimum atomic E-state index is 0. The van der Waals surface area contributed by atoms with Crippen LogP contribution in [0.4, 0.5) is 17.1 Å². The Labute approximate surface area is 133 Å². The lowest BCUT2D eigenvalue weighted by molar-refractivity contribution is -0.890. The average Bonchev–Trinajstić information content (AvgIpc) is 2.19. The minimum Gasteiger partial charge on any atom is -1.00 e. The molecule has 0 bridgehead atoms. The summed E-state index contributed by atoms with van der Waals surface area (Å²) in [5, 5.41) is 0. The average molecular weight is 330 g/mol. The molecule has 1 aromatic rings. The van der Waals surface area contributed by atoms with Crippen molar-refractivity contribution in [3.8, 4) is 0 Å². The van der Waals surface area contributed by atoms with E-state index in [4.69, 9.17) is 11.5 Å². The number of hydrogen-bond acceptors (Lipinski definition) is 3. The van der Waals surface area contributed by atoms with E-state index in [-0.39, 0.29) is 37.2 Å². The van der Waals surface area contributed by atoms with Gasteiger partial charge in [0.2, 0.25) is 0 Å². The molecule has 0 spiro atoms. The molecule has 112 valence electrons. The van der Waals surface area contributed by atoms with Gasteiger partial charge in [-0.3, -0.25) is 0 Å². The van der Waals surface area contributed by atoms with Gasteiger partial charge < -0.3 is 33.3 Å². The molecule has 4 N–H and O–H groups in total. The Balaban J connectivity index is 0. The van der Waals surface area contributed by atoms with Crippen LogP contribution >= 0.6 is 24.8 Å². The number of benzene rings is 1. The second-order valence-electron chi connectivity index (χ2n) is 5.19. The maximum atomic E-state index is 5.99. The highest BCUT2D eigenvalue weighted by atomic mass is 35.5. The topological polar surface area (TPSA) is 55.3 Å². The predicted octanol–water partition coefficient (Wildman–Crippen LogP) is -1.40. The normalized spacial score (nSPS) is 16.6. The molecular formula is C12H23Cl3N4. The van der Waals surface area contributed by atoms with Gasteiger partial charge in [0.1, 0.15) is 0 Å². The summed E-state index contributed by atoms with van der Waals surface area (Å²) >= 11 is 0. The third-order valence-electron chi connectivity index (χ3n) is 3.34. The van der Waals surface area contributed by atoms with E-state index in [0.717, 1.165) is 47.7 Å². The maximum absolute atomic E-state index is 5.99. The zero-order valence-electron chi connectivity index (χ0n) is 11.3. The van der Waals surface area contributed by atoms with Crippen LogP contribution in [0.5, 0.6) is 0 Å². The van der Waals surface area contributed by atoms with E-state index in [0.29, 0.717) is 0 Å². The molecule has 1 heterocycles. The highest BCUT2D eigenvalue weighted by molar-refractivity contribution is 5.85. The van der Waals surface area contributed by atoms with Gasteiger partial charge in [-0.05, 0) is 18.2 Å². The number of quaternary nitrogens is 1. The van der Waals surface area contributed by atoms with Crippen molar-refractivity contribution in [2.75, 3.05) is 56.6 Å². The summed E-state index contributed by atoms with van der Waals surface area (Å²) in [6.45, 7) is 4.43. The summed E-state index contributed by atoms with van der Waals surface area (Å²) in [6, 6.07) is 5.78. The van der Waals surface area contributed by atoms with Gasteiger partial charge >= 0.3 is 0 Å². The van der Waals surface area contributed by atoms with Gasteiger partial charge in [-0.15, -0.1) is 24.8 Å². The standard InChI is InChI=1S/C12H21N4.3ClH/c1-16(2)7-5-15(6-8-16)12-4-3-10(13)9-11(12)14;;;/h3-4,9H,5-8,13-14H2,1-2H3;3*1H/q+1;;;/p-1. The molecule has 0 amide bonds. The lowest BCUT2D eigenvalue weighted by Crippen LogP contribution is -3.00. The monoisotopic (exact) mass is 328 g/mol. The SMILES string of the molecule is C[N+]1(C)CCN(c2ccc(N)cc2N)CC1.Cl.Cl.[Cl-]. The number of anilines is 3. The molecule has 0 unspecified atom stereocenters. The Kier molecular flexibility index (Phi) is 8.63. The first-order chi connectivity index (χ1) is 7.48. The van der Waals surface area contributed by atoms with Gasteiger partial charge in [-0.25, -0.2) is 0 Å².